The van der Waals surface area contributed by atoms with E-state index in [0.717, 1.165) is 31.4 Å². The van der Waals surface area contributed by atoms with Crippen molar-refractivity contribution in [3.05, 3.63) is 35.9 Å². The molecule has 1 saturated carbocycles. The molecule has 8 heteroatoms. The quantitative estimate of drug-likeness (QED) is 0.344. The highest BCUT2D eigenvalue weighted by Crippen LogP contribution is 2.38. The van der Waals surface area contributed by atoms with Crippen LogP contribution in [-0.4, -0.2) is 66.2 Å². The summed E-state index contributed by atoms with van der Waals surface area (Å²) in [6.45, 7) is 8.69. The van der Waals surface area contributed by atoms with Gasteiger partial charge in [-0.1, -0.05) is 56.5 Å². The summed E-state index contributed by atoms with van der Waals surface area (Å²) < 4.78 is 4.75. The topological polar surface area (TPSA) is 119 Å². The Hall–Kier alpha value is -2.58. The van der Waals surface area contributed by atoms with E-state index in [4.69, 9.17) is 10.5 Å². The number of fused-ring (bicyclic) bond motifs is 1. The Morgan fingerprint density at radius 3 is 2.37 bits per heavy atom. The number of methoxy groups -OCH3 is 1. The highest BCUT2D eigenvalue weighted by Gasteiger charge is 2.41. The number of rotatable bonds is 13. The summed E-state index contributed by atoms with van der Waals surface area (Å²) in [6.07, 6.45) is 6.77. The number of nitrogens with one attached hydrogen (secondary N) is 1. The van der Waals surface area contributed by atoms with Crippen LogP contribution >= 0.6 is 0 Å². The van der Waals surface area contributed by atoms with Crippen molar-refractivity contribution >= 4 is 23.4 Å². The van der Waals surface area contributed by atoms with Crippen LogP contribution in [0, 0.1) is 23.7 Å². The van der Waals surface area contributed by atoms with Crippen LogP contribution in [0.2, 0.25) is 0 Å². The van der Waals surface area contributed by atoms with Crippen molar-refractivity contribution in [3.63, 3.8) is 0 Å². The Bertz CT molecular complexity index is 1040. The molecule has 1 saturated heterocycles. The third kappa shape index (κ3) is 10.0. The number of hydrogen-bond acceptors (Lipinski definition) is 7. The summed E-state index contributed by atoms with van der Waals surface area (Å²) in [5.41, 5.74) is 6.64. The normalized spacial score (nSPS) is 23.5. The van der Waals surface area contributed by atoms with Crippen LogP contribution in [0.25, 0.3) is 0 Å². The van der Waals surface area contributed by atoms with Crippen molar-refractivity contribution in [1.29, 1.82) is 0 Å². The molecule has 4 unspecified atom stereocenters. The number of benzene rings is 1. The van der Waals surface area contributed by atoms with Gasteiger partial charge in [0.2, 0.25) is 5.91 Å². The lowest BCUT2D eigenvalue weighted by Gasteiger charge is -2.46. The summed E-state index contributed by atoms with van der Waals surface area (Å²) in [6, 6.07) is 8.62. The first-order valence-corrected chi connectivity index (χ1v) is 15.4. The van der Waals surface area contributed by atoms with Crippen LogP contribution in [0.1, 0.15) is 84.6 Å². The Labute approximate surface area is 246 Å². The molecule has 228 valence electrons. The van der Waals surface area contributed by atoms with Crippen LogP contribution in [0.5, 0.6) is 0 Å². The van der Waals surface area contributed by atoms with E-state index in [1.807, 2.05) is 58.0 Å². The Morgan fingerprint density at radius 1 is 1.07 bits per heavy atom. The van der Waals surface area contributed by atoms with E-state index in [1.165, 1.54) is 20.0 Å². The molecule has 6 atom stereocenters. The van der Waals surface area contributed by atoms with E-state index in [2.05, 4.69) is 10.2 Å². The number of carbonyl (C=O) groups is 4. The molecule has 1 amide bonds. The molecule has 1 aromatic rings. The summed E-state index contributed by atoms with van der Waals surface area (Å²) >= 11 is 0. The fourth-order valence-electron chi connectivity index (χ4n) is 6.49. The molecular formula is C33H51N3O5. The summed E-state index contributed by atoms with van der Waals surface area (Å²) in [4.78, 5) is 54.4. The number of nitrogens with two attached hydrogens (primary N) is 1. The van der Waals surface area contributed by atoms with Crippen LogP contribution in [0.3, 0.4) is 0 Å². The van der Waals surface area contributed by atoms with Gasteiger partial charge in [0.05, 0.1) is 19.7 Å². The van der Waals surface area contributed by atoms with Crippen LogP contribution in [0.4, 0.5) is 0 Å². The average molecular weight is 570 g/mol. The standard InChI is InChI=1S/C33H51N3O5/c1-22(30(34)32(40)41-5)15-16-29(38)26(17-23-11-7-6-8-12-23)18-27(37)21-36-20-25-14-10-9-13-24(25)19-28(36)31(39)35-33(2,3)4/h6-8,11-12,22,24-26,28,30H,9-10,13-21,34H2,1-5H3,(H,35,39)/t22-,24?,25?,26?,28?,30-/m0/s1. The van der Waals surface area contributed by atoms with Crippen LogP contribution < -0.4 is 11.1 Å². The molecule has 1 heterocycles. The highest BCUT2D eigenvalue weighted by molar-refractivity contribution is 5.90. The maximum Gasteiger partial charge on any atom is 0.322 e. The predicted molar refractivity (Wildman–Crippen MR) is 160 cm³/mol. The molecule has 0 bridgehead atoms. The van der Waals surface area contributed by atoms with Gasteiger partial charge in [0.25, 0.3) is 0 Å². The molecule has 1 aliphatic carbocycles. The van der Waals surface area contributed by atoms with Gasteiger partial charge in [-0.15, -0.1) is 0 Å². The minimum atomic E-state index is -0.791. The van der Waals surface area contributed by atoms with Crippen molar-refractivity contribution < 1.29 is 23.9 Å². The first-order valence-electron chi connectivity index (χ1n) is 15.4. The minimum Gasteiger partial charge on any atom is -0.468 e. The van der Waals surface area contributed by atoms with Gasteiger partial charge in [0.1, 0.15) is 17.6 Å². The van der Waals surface area contributed by atoms with Crippen molar-refractivity contribution in [3.8, 4) is 0 Å². The lowest BCUT2D eigenvalue weighted by molar-refractivity contribution is -0.143. The second-order valence-corrected chi connectivity index (χ2v) is 13.4. The summed E-state index contributed by atoms with van der Waals surface area (Å²) in [5, 5.41) is 3.14. The van der Waals surface area contributed by atoms with Gasteiger partial charge >= 0.3 is 5.97 Å². The molecule has 41 heavy (non-hydrogen) atoms. The molecule has 3 N–H and O–H groups in total. The molecule has 0 radical (unpaired) electrons. The Kier molecular flexibility index (Phi) is 12.1. The number of amides is 1. The fraction of sp³-hybridized carbons (Fsp3) is 0.697. The molecule has 1 aromatic carbocycles. The first-order chi connectivity index (χ1) is 19.4. The number of ether oxygens (including phenoxy) is 1. The van der Waals surface area contributed by atoms with E-state index >= 15 is 0 Å². The van der Waals surface area contributed by atoms with Gasteiger partial charge in [0.15, 0.2) is 0 Å². The van der Waals surface area contributed by atoms with E-state index in [9.17, 15) is 19.2 Å². The lowest BCUT2D eigenvalue weighted by Crippen LogP contribution is -2.58. The zero-order valence-corrected chi connectivity index (χ0v) is 25.7. The number of likely N-dealkylation sites (tertiary alicyclic amines) is 1. The maximum atomic E-state index is 13.6. The van der Waals surface area contributed by atoms with Gasteiger partial charge in [-0.3, -0.25) is 24.1 Å². The van der Waals surface area contributed by atoms with Gasteiger partial charge in [-0.25, -0.2) is 0 Å². The fourth-order valence-corrected chi connectivity index (χ4v) is 6.49. The second-order valence-electron chi connectivity index (χ2n) is 13.4. The molecule has 2 fully saturated rings. The number of nitrogens with zero attached hydrogens (tertiary/aromatic N) is 1. The number of carbonyl (C=O) groups excluding carboxylic acids is 4. The van der Waals surface area contributed by atoms with Gasteiger partial charge < -0.3 is 15.8 Å². The predicted octanol–water partition coefficient (Wildman–Crippen LogP) is 4.09. The molecule has 3 rings (SSSR count). The first kappa shape index (κ1) is 32.9. The van der Waals surface area contributed by atoms with Gasteiger partial charge in [-0.2, -0.15) is 0 Å². The maximum absolute atomic E-state index is 13.6. The molecule has 1 aliphatic heterocycles. The minimum absolute atomic E-state index is 0.000803. The smallest absolute Gasteiger partial charge is 0.322 e. The molecule has 0 spiro atoms. The Balaban J connectivity index is 1.71. The zero-order valence-electron chi connectivity index (χ0n) is 25.7. The van der Waals surface area contributed by atoms with Gasteiger partial charge in [-0.05, 0) is 69.8 Å². The number of Topliss-reactive ketones (excluding diaryl/α,β-unsaturated/α-hetero) is 2. The van der Waals surface area contributed by atoms with Crippen molar-refractivity contribution in [2.24, 2.45) is 29.4 Å². The number of ketones is 2. The molecule has 2 aliphatic rings. The van der Waals surface area contributed by atoms with E-state index in [-0.39, 0.29) is 54.4 Å². The number of piperidine rings is 1. The van der Waals surface area contributed by atoms with Gasteiger partial charge in [0, 0.05) is 30.8 Å². The molecule has 0 aromatic heterocycles. The Morgan fingerprint density at radius 2 is 1.73 bits per heavy atom. The zero-order chi connectivity index (χ0) is 30.2. The largest absolute Gasteiger partial charge is 0.468 e. The van der Waals surface area contributed by atoms with E-state index < -0.39 is 17.9 Å². The van der Waals surface area contributed by atoms with Crippen LogP contribution in [-0.2, 0) is 30.3 Å². The second kappa shape index (κ2) is 15.1. The van der Waals surface area contributed by atoms with Crippen molar-refractivity contribution in [2.75, 3.05) is 20.2 Å². The molecule has 8 nitrogen and oxygen atoms in total. The van der Waals surface area contributed by atoms with E-state index in [0.29, 0.717) is 24.7 Å². The molecular weight excluding hydrogens is 518 g/mol. The SMILES string of the molecule is COC(=O)[C@@H](N)[C@@H](C)CCC(=O)C(CC(=O)CN1CC2CCCCC2CC1C(=O)NC(C)(C)C)Cc1ccccc1. The third-order valence-electron chi connectivity index (χ3n) is 8.87. The number of hydrogen-bond donors (Lipinski definition) is 2. The van der Waals surface area contributed by atoms with Crippen molar-refractivity contribution in [2.45, 2.75) is 103 Å². The van der Waals surface area contributed by atoms with Crippen LogP contribution in [0.15, 0.2) is 30.3 Å². The highest BCUT2D eigenvalue weighted by atomic mass is 16.5. The van der Waals surface area contributed by atoms with E-state index in [1.54, 1.807) is 0 Å². The summed E-state index contributed by atoms with van der Waals surface area (Å²) in [5.74, 6) is -0.177. The third-order valence-corrected chi connectivity index (χ3v) is 8.87. The monoisotopic (exact) mass is 569 g/mol. The average Bonchev–Trinajstić information content (AvgIpc) is 2.93. The number of esters is 1. The lowest BCUT2D eigenvalue weighted by atomic mass is 9.72. The summed E-state index contributed by atoms with van der Waals surface area (Å²) in [7, 11) is 1.30. The van der Waals surface area contributed by atoms with Crippen molar-refractivity contribution in [1.82, 2.24) is 10.2 Å².